The van der Waals surface area contributed by atoms with E-state index in [0.29, 0.717) is 11.3 Å². The van der Waals surface area contributed by atoms with Crippen molar-refractivity contribution in [2.75, 3.05) is 0 Å². The fourth-order valence-electron chi connectivity index (χ4n) is 3.39. The minimum Gasteiger partial charge on any atom is -0.490 e. The van der Waals surface area contributed by atoms with Gasteiger partial charge in [-0.1, -0.05) is 29.5 Å². The van der Waals surface area contributed by atoms with E-state index in [-0.39, 0.29) is 12.2 Å². The first-order valence-electron chi connectivity index (χ1n) is 8.91. The van der Waals surface area contributed by atoms with Gasteiger partial charge in [-0.15, -0.1) is 10.2 Å². The predicted octanol–water partition coefficient (Wildman–Crippen LogP) is 4.51. The van der Waals surface area contributed by atoms with Gasteiger partial charge in [0.15, 0.2) is 0 Å². The lowest BCUT2D eigenvalue weighted by Crippen LogP contribution is -2.06. The first kappa shape index (κ1) is 17.7. The van der Waals surface area contributed by atoms with Crippen LogP contribution >= 0.6 is 11.3 Å². The van der Waals surface area contributed by atoms with Gasteiger partial charge in [-0.3, -0.25) is 0 Å². The van der Waals surface area contributed by atoms with Gasteiger partial charge in [-0.05, 0) is 56.0 Å². The van der Waals surface area contributed by atoms with E-state index in [2.05, 4.69) is 16.3 Å². The van der Waals surface area contributed by atoms with Gasteiger partial charge in [-0.2, -0.15) is 5.26 Å². The Balaban J connectivity index is 1.69. The van der Waals surface area contributed by atoms with Crippen molar-refractivity contribution in [3.8, 4) is 33.0 Å². The van der Waals surface area contributed by atoms with Crippen molar-refractivity contribution in [2.45, 2.75) is 38.9 Å². The Hall–Kier alpha value is -2.75. The number of aromatic nitrogens is 2. The Morgan fingerprint density at radius 1 is 1.22 bits per heavy atom. The second kappa shape index (κ2) is 7.10. The average Bonchev–Trinajstić information content (AvgIpc) is 3.29. The molecule has 0 bridgehead atoms. The molecule has 1 aliphatic rings. The number of ether oxygens (including phenoxy) is 1. The fourth-order valence-corrected chi connectivity index (χ4v) is 4.28. The number of benzene rings is 2. The molecule has 0 unspecified atom stereocenters. The molecule has 6 heteroatoms. The third-order valence-corrected chi connectivity index (χ3v) is 5.61. The summed E-state index contributed by atoms with van der Waals surface area (Å²) in [6, 6.07) is 13.7. The molecular formula is C21H19N3O2S. The molecule has 1 aliphatic carbocycles. The molecule has 0 amide bonds. The summed E-state index contributed by atoms with van der Waals surface area (Å²) in [7, 11) is 0. The maximum absolute atomic E-state index is 10.1. The molecule has 5 nitrogen and oxygen atoms in total. The molecule has 0 saturated carbocycles. The maximum Gasteiger partial charge on any atom is 0.148 e. The van der Waals surface area contributed by atoms with E-state index >= 15 is 0 Å². The van der Waals surface area contributed by atoms with Crippen molar-refractivity contribution in [3.63, 3.8) is 0 Å². The molecule has 0 radical (unpaired) electrons. The van der Waals surface area contributed by atoms with E-state index in [9.17, 15) is 10.4 Å². The Bertz CT molecular complexity index is 1040. The van der Waals surface area contributed by atoms with Crippen molar-refractivity contribution >= 4 is 11.3 Å². The van der Waals surface area contributed by atoms with Gasteiger partial charge < -0.3 is 9.84 Å². The van der Waals surface area contributed by atoms with Gasteiger partial charge in [0.25, 0.3) is 0 Å². The number of aliphatic hydroxyl groups excluding tert-OH is 1. The van der Waals surface area contributed by atoms with E-state index in [0.717, 1.165) is 45.1 Å². The van der Waals surface area contributed by atoms with E-state index in [4.69, 9.17) is 4.74 Å². The normalized spacial score (nSPS) is 15.6. The molecule has 2 aromatic carbocycles. The molecule has 1 heterocycles. The van der Waals surface area contributed by atoms with Crippen LogP contribution in [0.3, 0.4) is 0 Å². The summed E-state index contributed by atoms with van der Waals surface area (Å²) in [5, 5.41) is 29.8. The zero-order chi connectivity index (χ0) is 19.0. The van der Waals surface area contributed by atoms with Crippen LogP contribution in [0.5, 0.6) is 5.75 Å². The molecule has 4 rings (SSSR count). The topological polar surface area (TPSA) is 79.0 Å². The molecule has 3 aromatic rings. The minimum atomic E-state index is -0.390. The number of nitriles is 1. The van der Waals surface area contributed by atoms with Crippen molar-refractivity contribution in [1.82, 2.24) is 10.2 Å². The molecule has 27 heavy (non-hydrogen) atoms. The van der Waals surface area contributed by atoms with E-state index in [1.54, 1.807) is 6.07 Å². The highest BCUT2D eigenvalue weighted by molar-refractivity contribution is 7.17. The smallest absolute Gasteiger partial charge is 0.148 e. The standard InChI is InChI=1S/C21H19N3O2S/c1-12(2)26-19-9-6-13(10-14(19)11-22)20-23-24-21(27-20)17-5-3-4-16-15(17)7-8-18(16)25/h3-6,9-10,12,18,25H,7-8H2,1-2H3/t18-/m1/s1. The van der Waals surface area contributed by atoms with Gasteiger partial charge >= 0.3 is 0 Å². The lowest BCUT2D eigenvalue weighted by atomic mass is 10.0. The Morgan fingerprint density at radius 3 is 2.81 bits per heavy atom. The molecule has 136 valence electrons. The first-order valence-corrected chi connectivity index (χ1v) is 9.73. The molecule has 0 saturated heterocycles. The van der Waals surface area contributed by atoms with E-state index < -0.39 is 0 Å². The summed E-state index contributed by atoms with van der Waals surface area (Å²) in [4.78, 5) is 0. The maximum atomic E-state index is 10.1. The third-order valence-electron chi connectivity index (χ3n) is 4.60. The molecule has 1 N–H and O–H groups in total. The highest BCUT2D eigenvalue weighted by atomic mass is 32.1. The number of hydrogen-bond donors (Lipinski definition) is 1. The molecule has 0 fully saturated rings. The van der Waals surface area contributed by atoms with Crippen molar-refractivity contribution in [1.29, 1.82) is 5.26 Å². The van der Waals surface area contributed by atoms with Crippen LogP contribution < -0.4 is 4.74 Å². The zero-order valence-corrected chi connectivity index (χ0v) is 16.0. The second-order valence-electron chi connectivity index (χ2n) is 6.83. The average molecular weight is 377 g/mol. The van der Waals surface area contributed by atoms with Gasteiger partial charge in [0.2, 0.25) is 0 Å². The summed E-state index contributed by atoms with van der Waals surface area (Å²) in [5.74, 6) is 0.579. The van der Waals surface area contributed by atoms with Gasteiger partial charge in [0.1, 0.15) is 21.8 Å². The monoisotopic (exact) mass is 377 g/mol. The lowest BCUT2D eigenvalue weighted by molar-refractivity contribution is 0.180. The predicted molar refractivity (Wildman–Crippen MR) is 105 cm³/mol. The van der Waals surface area contributed by atoms with Crippen LogP contribution in [-0.4, -0.2) is 21.4 Å². The van der Waals surface area contributed by atoms with Gasteiger partial charge in [-0.25, -0.2) is 0 Å². The van der Waals surface area contributed by atoms with E-state index in [1.165, 1.54) is 11.3 Å². The molecule has 1 aromatic heterocycles. The third kappa shape index (κ3) is 3.32. The Kier molecular flexibility index (Phi) is 4.65. The summed E-state index contributed by atoms with van der Waals surface area (Å²) in [5.41, 5.74) is 4.52. The SMILES string of the molecule is CC(C)Oc1ccc(-c2nnc(-c3cccc4c3CC[C@H]4O)s2)cc1C#N. The van der Waals surface area contributed by atoms with Crippen LogP contribution in [0.4, 0.5) is 0 Å². The quantitative estimate of drug-likeness (QED) is 0.724. The number of fused-ring (bicyclic) bond motifs is 1. The highest BCUT2D eigenvalue weighted by Crippen LogP contribution is 2.40. The van der Waals surface area contributed by atoms with Crippen LogP contribution in [0.25, 0.3) is 21.1 Å². The number of rotatable bonds is 4. The summed E-state index contributed by atoms with van der Waals surface area (Å²) in [6.45, 7) is 3.86. The number of aliphatic hydroxyl groups is 1. The fraction of sp³-hybridized carbons (Fsp3) is 0.286. The molecular weight excluding hydrogens is 358 g/mol. The van der Waals surface area contributed by atoms with Crippen LogP contribution in [0, 0.1) is 11.3 Å². The number of hydrogen-bond acceptors (Lipinski definition) is 6. The van der Waals surface area contributed by atoms with Crippen LogP contribution in [-0.2, 0) is 6.42 Å². The lowest BCUT2D eigenvalue weighted by Gasteiger charge is -2.11. The number of nitrogens with zero attached hydrogens (tertiary/aromatic N) is 3. The highest BCUT2D eigenvalue weighted by Gasteiger charge is 2.24. The van der Waals surface area contributed by atoms with Gasteiger partial charge in [0, 0.05) is 11.1 Å². The summed E-state index contributed by atoms with van der Waals surface area (Å²) in [6.07, 6.45) is 1.22. The second-order valence-corrected chi connectivity index (χ2v) is 7.81. The van der Waals surface area contributed by atoms with Crippen molar-refractivity contribution in [2.24, 2.45) is 0 Å². The van der Waals surface area contributed by atoms with Gasteiger partial charge in [0.05, 0.1) is 17.8 Å². The summed E-state index contributed by atoms with van der Waals surface area (Å²) < 4.78 is 5.68. The van der Waals surface area contributed by atoms with Crippen LogP contribution in [0.1, 0.15) is 43.1 Å². The Morgan fingerprint density at radius 2 is 2.04 bits per heavy atom. The first-order chi connectivity index (χ1) is 13.1. The van der Waals surface area contributed by atoms with Crippen LogP contribution in [0.15, 0.2) is 36.4 Å². The summed E-state index contributed by atoms with van der Waals surface area (Å²) >= 11 is 1.49. The van der Waals surface area contributed by atoms with Crippen molar-refractivity contribution in [3.05, 3.63) is 53.1 Å². The zero-order valence-electron chi connectivity index (χ0n) is 15.1. The minimum absolute atomic E-state index is 0.00612. The molecule has 0 aliphatic heterocycles. The van der Waals surface area contributed by atoms with Crippen LogP contribution in [0.2, 0.25) is 0 Å². The Labute approximate surface area is 161 Å². The molecule has 1 atom stereocenters. The van der Waals surface area contributed by atoms with Crippen molar-refractivity contribution < 1.29 is 9.84 Å². The molecule has 0 spiro atoms. The largest absolute Gasteiger partial charge is 0.490 e. The van der Waals surface area contributed by atoms with E-state index in [1.807, 2.05) is 44.2 Å².